The van der Waals surface area contributed by atoms with Crippen molar-refractivity contribution in [1.82, 2.24) is 0 Å². The van der Waals surface area contributed by atoms with E-state index in [4.69, 9.17) is 4.74 Å². The first-order chi connectivity index (χ1) is 10.6. The summed E-state index contributed by atoms with van der Waals surface area (Å²) in [4.78, 5) is 11.5. The van der Waals surface area contributed by atoms with Crippen molar-refractivity contribution in [2.75, 3.05) is 0 Å². The first kappa shape index (κ1) is 14.5. The molecule has 1 heterocycles. The van der Waals surface area contributed by atoms with Gasteiger partial charge in [-0.3, -0.25) is 0 Å². The van der Waals surface area contributed by atoms with Crippen LogP contribution in [0.5, 0.6) is 5.75 Å². The third kappa shape index (κ3) is 2.53. The molecule has 1 N–H and O–H groups in total. The molecule has 0 radical (unpaired) electrons. The van der Waals surface area contributed by atoms with Gasteiger partial charge < -0.3 is 14.6 Å². The highest BCUT2D eigenvalue weighted by molar-refractivity contribution is 5.79. The van der Waals surface area contributed by atoms with Gasteiger partial charge >= 0.3 is 0 Å². The summed E-state index contributed by atoms with van der Waals surface area (Å²) in [6, 6.07) is 11.5. The van der Waals surface area contributed by atoms with Gasteiger partial charge in [-0.25, -0.2) is 4.39 Å². The Bertz CT molecular complexity index is 732. The van der Waals surface area contributed by atoms with Crippen LogP contribution in [-0.4, -0.2) is 17.5 Å². The maximum Gasteiger partial charge on any atom is 0.131 e. The lowest BCUT2D eigenvalue weighted by Gasteiger charge is -2.25. The van der Waals surface area contributed by atoms with Crippen molar-refractivity contribution in [2.24, 2.45) is 0 Å². The van der Waals surface area contributed by atoms with Crippen LogP contribution in [0, 0.1) is 5.82 Å². The number of carbonyl (C=O) groups excluding carboxylic acids is 1. The quantitative estimate of drug-likeness (QED) is 0.883. The number of benzene rings is 2. The van der Waals surface area contributed by atoms with E-state index < -0.39 is 12.0 Å². The Morgan fingerprint density at radius 2 is 1.95 bits per heavy atom. The molecule has 0 aromatic heterocycles. The van der Waals surface area contributed by atoms with E-state index in [2.05, 4.69) is 0 Å². The minimum Gasteiger partial charge on any atom is -0.459 e. The fourth-order valence-corrected chi connectivity index (χ4v) is 2.61. The van der Waals surface area contributed by atoms with Crippen molar-refractivity contribution in [2.45, 2.75) is 18.9 Å². The maximum atomic E-state index is 13.1. The summed E-state index contributed by atoms with van der Waals surface area (Å²) in [6.45, 7) is 1.59. The largest absolute Gasteiger partial charge is 0.459 e. The van der Waals surface area contributed by atoms with E-state index in [0.717, 1.165) is 23.0 Å². The number of aldehydes is 1. The first-order valence-corrected chi connectivity index (χ1v) is 7.02. The molecule has 3 rings (SSSR count). The van der Waals surface area contributed by atoms with Crippen molar-refractivity contribution < 1.29 is 19.0 Å². The predicted molar refractivity (Wildman–Crippen MR) is 81.0 cm³/mol. The highest BCUT2D eigenvalue weighted by Crippen LogP contribution is 2.40. The Hall–Kier alpha value is -2.46. The van der Waals surface area contributed by atoms with Gasteiger partial charge in [-0.2, -0.15) is 0 Å². The third-order valence-corrected chi connectivity index (χ3v) is 3.68. The number of carbonyl (C=O) groups is 1. The zero-order valence-corrected chi connectivity index (χ0v) is 12.0. The fourth-order valence-electron chi connectivity index (χ4n) is 2.61. The van der Waals surface area contributed by atoms with Crippen LogP contribution in [0.1, 0.15) is 18.4 Å². The number of allylic oxidation sites excluding steroid dienone is 1. The van der Waals surface area contributed by atoms with E-state index >= 15 is 0 Å². The molecule has 0 aliphatic carbocycles. The van der Waals surface area contributed by atoms with Gasteiger partial charge in [-0.1, -0.05) is 24.3 Å². The number of fused-ring (bicyclic) bond motifs is 1. The summed E-state index contributed by atoms with van der Waals surface area (Å²) in [5.41, 5.74) is 2.35. The zero-order chi connectivity index (χ0) is 15.7. The van der Waals surface area contributed by atoms with E-state index in [1.54, 1.807) is 31.2 Å². The highest BCUT2D eigenvalue weighted by Gasteiger charge is 2.26. The molecule has 3 nitrogen and oxygen atoms in total. The molecular weight excluding hydrogens is 283 g/mol. The van der Waals surface area contributed by atoms with E-state index in [0.29, 0.717) is 11.5 Å². The van der Waals surface area contributed by atoms with Crippen molar-refractivity contribution >= 4 is 6.29 Å². The van der Waals surface area contributed by atoms with Gasteiger partial charge in [0.15, 0.2) is 0 Å². The second-order valence-electron chi connectivity index (χ2n) is 5.23. The van der Waals surface area contributed by atoms with Gasteiger partial charge in [0.2, 0.25) is 0 Å². The smallest absolute Gasteiger partial charge is 0.131 e. The molecule has 0 saturated heterocycles. The molecule has 1 aliphatic heterocycles. The highest BCUT2D eigenvalue weighted by atomic mass is 19.1. The van der Waals surface area contributed by atoms with E-state index in [1.807, 2.05) is 12.1 Å². The standard InChI is InChI=1S/C18H15FO3/c1-11(21)17-9-13(10-20)18-15(3-2-4-16(18)22-17)12-5-7-14(19)8-6-12/h2-11,13,21H,1H3/t11?,13-/m1/s1. The number of rotatable bonds is 3. The van der Waals surface area contributed by atoms with Crippen molar-refractivity contribution in [1.29, 1.82) is 0 Å². The molecule has 1 aliphatic rings. The molecule has 1 unspecified atom stereocenters. The molecule has 2 atom stereocenters. The summed E-state index contributed by atoms with van der Waals surface area (Å²) in [7, 11) is 0. The normalized spacial score (nSPS) is 18.0. The molecule has 0 fully saturated rings. The number of aliphatic hydroxyl groups is 1. The summed E-state index contributed by atoms with van der Waals surface area (Å²) >= 11 is 0. The minimum atomic E-state index is -0.787. The van der Waals surface area contributed by atoms with E-state index in [1.165, 1.54) is 12.1 Å². The molecule has 2 aromatic rings. The lowest BCUT2D eigenvalue weighted by Crippen LogP contribution is -2.18. The Kier molecular flexibility index (Phi) is 3.77. The molecule has 22 heavy (non-hydrogen) atoms. The third-order valence-electron chi connectivity index (χ3n) is 3.68. The van der Waals surface area contributed by atoms with Gasteiger partial charge in [0.25, 0.3) is 0 Å². The van der Waals surface area contributed by atoms with Crippen LogP contribution in [0.2, 0.25) is 0 Å². The number of hydrogen-bond acceptors (Lipinski definition) is 3. The average molecular weight is 298 g/mol. The van der Waals surface area contributed by atoms with Crippen molar-refractivity contribution in [3.63, 3.8) is 0 Å². The van der Waals surface area contributed by atoms with Gasteiger partial charge in [-0.05, 0) is 42.3 Å². The van der Waals surface area contributed by atoms with Gasteiger partial charge in [0.1, 0.15) is 29.7 Å². The van der Waals surface area contributed by atoms with E-state index in [9.17, 15) is 14.3 Å². The van der Waals surface area contributed by atoms with Crippen molar-refractivity contribution in [3.8, 4) is 16.9 Å². The molecule has 0 bridgehead atoms. The van der Waals surface area contributed by atoms with Gasteiger partial charge in [0.05, 0.1) is 5.92 Å². The van der Waals surface area contributed by atoms with E-state index in [-0.39, 0.29) is 5.82 Å². The van der Waals surface area contributed by atoms with Crippen LogP contribution in [0.15, 0.2) is 54.3 Å². The van der Waals surface area contributed by atoms with Crippen LogP contribution in [-0.2, 0) is 4.79 Å². The first-order valence-electron chi connectivity index (χ1n) is 7.02. The molecule has 112 valence electrons. The molecule has 0 spiro atoms. The van der Waals surface area contributed by atoms with Crippen molar-refractivity contribution in [3.05, 3.63) is 65.7 Å². The summed E-state index contributed by atoms with van der Waals surface area (Å²) in [5.74, 6) is 0.0841. The van der Waals surface area contributed by atoms with Crippen LogP contribution < -0.4 is 4.74 Å². The van der Waals surface area contributed by atoms with Crippen LogP contribution >= 0.6 is 0 Å². The number of hydrogen-bond donors (Lipinski definition) is 1. The summed E-state index contributed by atoms with van der Waals surface area (Å²) in [5, 5.41) is 9.68. The van der Waals surface area contributed by atoms with Gasteiger partial charge in [-0.15, -0.1) is 0 Å². The summed E-state index contributed by atoms with van der Waals surface area (Å²) < 4.78 is 18.8. The number of halogens is 1. The topological polar surface area (TPSA) is 46.5 Å². The molecular formula is C18H15FO3. The Labute approximate surface area is 127 Å². The fraction of sp³-hybridized carbons (Fsp3) is 0.167. The molecule has 4 heteroatoms. The SMILES string of the molecule is CC(O)C1=C[C@H](C=O)c2c(cccc2-c2ccc(F)cc2)O1. The summed E-state index contributed by atoms with van der Waals surface area (Å²) in [6.07, 6.45) is 1.65. The zero-order valence-electron chi connectivity index (χ0n) is 12.0. The lowest BCUT2D eigenvalue weighted by atomic mass is 9.88. The Morgan fingerprint density at radius 3 is 2.59 bits per heavy atom. The molecule has 0 saturated carbocycles. The lowest BCUT2D eigenvalue weighted by molar-refractivity contribution is -0.108. The Morgan fingerprint density at radius 1 is 1.23 bits per heavy atom. The minimum absolute atomic E-state index is 0.312. The van der Waals surface area contributed by atoms with Crippen LogP contribution in [0.4, 0.5) is 4.39 Å². The average Bonchev–Trinajstić information content (AvgIpc) is 2.53. The van der Waals surface area contributed by atoms with Crippen LogP contribution in [0.25, 0.3) is 11.1 Å². The second kappa shape index (κ2) is 5.73. The van der Waals surface area contributed by atoms with Gasteiger partial charge in [0, 0.05) is 5.56 Å². The molecule has 2 aromatic carbocycles. The monoisotopic (exact) mass is 298 g/mol. The second-order valence-corrected chi connectivity index (χ2v) is 5.23. The molecule has 0 amide bonds. The maximum absolute atomic E-state index is 13.1. The predicted octanol–water partition coefficient (Wildman–Crippen LogP) is 3.43. The Balaban J connectivity index is 2.14. The number of aliphatic hydroxyl groups excluding tert-OH is 1. The number of ether oxygens (including phenoxy) is 1. The van der Waals surface area contributed by atoms with Crippen LogP contribution in [0.3, 0.4) is 0 Å².